The lowest BCUT2D eigenvalue weighted by Crippen LogP contribution is -2.65. The van der Waals surface area contributed by atoms with E-state index in [9.17, 15) is 4.79 Å². The van der Waals surface area contributed by atoms with Crippen LogP contribution in [0.25, 0.3) is 0 Å². The van der Waals surface area contributed by atoms with Gasteiger partial charge in [-0.1, -0.05) is 32.9 Å². The molecular weight excluding hydrogens is 336 g/mol. The predicted molar refractivity (Wildman–Crippen MR) is 103 cm³/mol. The van der Waals surface area contributed by atoms with Gasteiger partial charge in [0.05, 0.1) is 18.8 Å². The fourth-order valence-electron chi connectivity index (χ4n) is 3.95. The number of aliphatic carboxylic acids is 1. The largest absolute Gasteiger partial charge is 0.481 e. The summed E-state index contributed by atoms with van der Waals surface area (Å²) in [6.07, 6.45) is 6.73. The number of ether oxygens (including phenoxy) is 2. The Labute approximate surface area is 155 Å². The van der Waals surface area contributed by atoms with Gasteiger partial charge < -0.3 is 19.0 Å². The second kappa shape index (κ2) is 8.33. The van der Waals surface area contributed by atoms with E-state index in [1.165, 1.54) is 0 Å². The van der Waals surface area contributed by atoms with Crippen LogP contribution in [0.2, 0.25) is 0 Å². The highest BCUT2D eigenvalue weighted by molar-refractivity contribution is 5.97. The Bertz CT molecular complexity index is 483. The van der Waals surface area contributed by atoms with Gasteiger partial charge in [0, 0.05) is 11.8 Å². The highest BCUT2D eigenvalue weighted by atomic mass is 28.2. The van der Waals surface area contributed by atoms with Crippen molar-refractivity contribution in [2.75, 3.05) is 13.2 Å². The van der Waals surface area contributed by atoms with Crippen LogP contribution in [0.3, 0.4) is 0 Å². The first-order valence-electron chi connectivity index (χ1n) is 9.09. The quantitative estimate of drug-likeness (QED) is 0.403. The van der Waals surface area contributed by atoms with E-state index < -0.39 is 11.8 Å². The van der Waals surface area contributed by atoms with Gasteiger partial charge in [0.2, 0.25) is 0 Å². The summed E-state index contributed by atoms with van der Waals surface area (Å²) in [6.45, 7) is 14.0. The van der Waals surface area contributed by atoms with E-state index in [1.807, 2.05) is 6.92 Å². The molecule has 6 heteroatoms. The molecule has 146 valence electrons. The lowest BCUT2D eigenvalue weighted by molar-refractivity contribution is -0.377. The van der Waals surface area contributed by atoms with Gasteiger partial charge in [-0.15, -0.1) is 0 Å². The minimum atomic E-state index is -0.740. The average Bonchev–Trinajstić information content (AvgIpc) is 2.42. The zero-order valence-electron chi connectivity index (χ0n) is 17.0. The smallest absolute Gasteiger partial charge is 0.303 e. The third-order valence-electron chi connectivity index (χ3n) is 5.48. The number of allylic oxidation sites excluding steroid dienone is 2. The molecule has 2 atom stereocenters. The van der Waals surface area contributed by atoms with E-state index in [0.29, 0.717) is 30.1 Å². The fourth-order valence-corrected chi connectivity index (χ4v) is 4.48. The summed E-state index contributed by atoms with van der Waals surface area (Å²) in [7, 11) is 0.657. The van der Waals surface area contributed by atoms with Crippen LogP contribution in [0, 0.1) is 10.8 Å². The summed E-state index contributed by atoms with van der Waals surface area (Å²) in [4.78, 5) is 10.6. The Balaban J connectivity index is 2.90. The molecule has 0 amide bonds. The van der Waals surface area contributed by atoms with E-state index >= 15 is 0 Å². The van der Waals surface area contributed by atoms with Gasteiger partial charge in [-0.3, -0.25) is 4.79 Å². The molecule has 1 fully saturated rings. The molecular formula is C19H36O5Si. The molecule has 1 N–H and O–H groups in total. The van der Waals surface area contributed by atoms with Crippen LogP contribution in [-0.4, -0.2) is 46.2 Å². The van der Waals surface area contributed by atoms with Gasteiger partial charge in [0.25, 0.3) is 0 Å². The van der Waals surface area contributed by atoms with Crippen LogP contribution in [0.5, 0.6) is 0 Å². The Morgan fingerprint density at radius 3 is 2.40 bits per heavy atom. The minimum Gasteiger partial charge on any atom is -0.481 e. The van der Waals surface area contributed by atoms with E-state index in [0.717, 1.165) is 12.8 Å². The monoisotopic (exact) mass is 372 g/mol. The van der Waals surface area contributed by atoms with E-state index in [4.69, 9.17) is 19.0 Å². The van der Waals surface area contributed by atoms with Crippen molar-refractivity contribution in [2.24, 2.45) is 10.8 Å². The number of carboxylic acids is 1. The minimum absolute atomic E-state index is 0.0228. The van der Waals surface area contributed by atoms with Crippen molar-refractivity contribution in [3.63, 3.8) is 0 Å². The van der Waals surface area contributed by atoms with Crippen molar-refractivity contribution in [3.05, 3.63) is 12.2 Å². The molecule has 0 aliphatic carbocycles. The summed E-state index contributed by atoms with van der Waals surface area (Å²) < 4.78 is 18.0. The topological polar surface area (TPSA) is 65.0 Å². The second-order valence-electron chi connectivity index (χ2n) is 8.76. The number of hydrogen-bond donors (Lipinski definition) is 1. The van der Waals surface area contributed by atoms with Gasteiger partial charge in [-0.05, 0) is 45.4 Å². The summed E-state index contributed by atoms with van der Waals surface area (Å²) in [5, 5.41) is 8.72. The normalized spacial score (nSPS) is 30.0. The van der Waals surface area contributed by atoms with Crippen molar-refractivity contribution < 1.29 is 23.8 Å². The SMILES string of the molecule is CC1(CO[SiH3])OCC(C/C=C\CCCC(=O)O)(C(C)(C)C)C(C)(C)O1. The van der Waals surface area contributed by atoms with Crippen molar-refractivity contribution in [3.8, 4) is 0 Å². The number of hydrogen-bond acceptors (Lipinski definition) is 4. The number of rotatable bonds is 8. The fraction of sp³-hybridized carbons (Fsp3) is 0.842. The van der Waals surface area contributed by atoms with Crippen LogP contribution in [-0.2, 0) is 18.7 Å². The highest BCUT2D eigenvalue weighted by Gasteiger charge is 2.59. The Morgan fingerprint density at radius 2 is 1.92 bits per heavy atom. The molecule has 1 heterocycles. The summed E-state index contributed by atoms with van der Waals surface area (Å²) in [5.74, 6) is -1.44. The molecule has 1 rings (SSSR count). The molecule has 1 saturated heterocycles. The molecule has 1 aliphatic heterocycles. The van der Waals surface area contributed by atoms with Crippen LogP contribution in [0.15, 0.2) is 12.2 Å². The first-order chi connectivity index (χ1) is 11.4. The molecule has 0 aromatic heterocycles. The third-order valence-corrected chi connectivity index (χ3v) is 5.77. The first-order valence-corrected chi connectivity index (χ1v) is 9.91. The molecule has 5 nitrogen and oxygen atoms in total. The first kappa shape index (κ1) is 22.3. The van der Waals surface area contributed by atoms with Crippen molar-refractivity contribution in [1.82, 2.24) is 0 Å². The Kier molecular flexibility index (Phi) is 7.45. The molecule has 25 heavy (non-hydrogen) atoms. The van der Waals surface area contributed by atoms with Crippen LogP contribution >= 0.6 is 0 Å². The molecule has 0 bridgehead atoms. The second-order valence-corrected chi connectivity index (χ2v) is 9.34. The average molecular weight is 373 g/mol. The van der Waals surface area contributed by atoms with Gasteiger partial charge in [0.15, 0.2) is 5.79 Å². The predicted octanol–water partition coefficient (Wildman–Crippen LogP) is 3.06. The molecule has 2 unspecified atom stereocenters. The molecule has 0 aromatic rings. The lowest BCUT2D eigenvalue weighted by Gasteiger charge is -2.60. The summed E-state index contributed by atoms with van der Waals surface area (Å²) in [6, 6.07) is 0. The molecule has 0 spiro atoms. The van der Waals surface area contributed by atoms with E-state index in [1.54, 1.807) is 0 Å². The third kappa shape index (κ3) is 5.39. The highest BCUT2D eigenvalue weighted by Crippen LogP contribution is 2.55. The standard InChI is InChI=1S/C19H36O5Si/c1-16(2,3)19(12-10-8-7-9-11-15(20)21)14-22-18(6,13-23-25)24-17(19,4)5/h8,10H,7,9,11-14H2,1-6,25H3,(H,20,21)/b10-8-. The van der Waals surface area contributed by atoms with Gasteiger partial charge in [-0.25, -0.2) is 0 Å². The maximum Gasteiger partial charge on any atom is 0.303 e. The van der Waals surface area contributed by atoms with Gasteiger partial charge in [0.1, 0.15) is 10.5 Å². The Morgan fingerprint density at radius 1 is 1.28 bits per heavy atom. The molecule has 0 saturated carbocycles. The van der Waals surface area contributed by atoms with Gasteiger partial charge >= 0.3 is 5.97 Å². The van der Waals surface area contributed by atoms with Crippen molar-refractivity contribution in [2.45, 2.75) is 78.6 Å². The number of unbranched alkanes of at least 4 members (excludes halogenated alkanes) is 1. The Hall–Kier alpha value is -0.693. The van der Waals surface area contributed by atoms with Crippen LogP contribution in [0.4, 0.5) is 0 Å². The van der Waals surface area contributed by atoms with Crippen molar-refractivity contribution in [1.29, 1.82) is 0 Å². The maximum absolute atomic E-state index is 10.6. The molecule has 0 aromatic carbocycles. The van der Waals surface area contributed by atoms with Crippen LogP contribution in [0.1, 0.15) is 67.2 Å². The van der Waals surface area contributed by atoms with Gasteiger partial charge in [-0.2, -0.15) is 0 Å². The number of carboxylic acid groups (broad SMARTS) is 1. The molecule has 0 radical (unpaired) electrons. The van der Waals surface area contributed by atoms with Crippen molar-refractivity contribution >= 4 is 16.5 Å². The molecule has 1 aliphatic rings. The lowest BCUT2D eigenvalue weighted by atomic mass is 9.56. The zero-order valence-corrected chi connectivity index (χ0v) is 19.0. The summed E-state index contributed by atoms with van der Waals surface area (Å²) in [5.41, 5.74) is -0.594. The van der Waals surface area contributed by atoms with Crippen LogP contribution < -0.4 is 0 Å². The maximum atomic E-state index is 10.6. The van der Waals surface area contributed by atoms with E-state index in [2.05, 4.69) is 46.8 Å². The number of carbonyl (C=O) groups is 1. The van der Waals surface area contributed by atoms with E-state index in [-0.39, 0.29) is 22.9 Å². The zero-order chi connectivity index (χ0) is 19.4. The summed E-state index contributed by atoms with van der Waals surface area (Å²) >= 11 is 0.